The van der Waals surface area contributed by atoms with Gasteiger partial charge in [0.05, 0.1) is 12.7 Å². The summed E-state index contributed by atoms with van der Waals surface area (Å²) in [5.74, 6) is 0.371. The van der Waals surface area contributed by atoms with E-state index in [1.54, 1.807) is 24.4 Å². The van der Waals surface area contributed by atoms with Gasteiger partial charge in [0.2, 0.25) is 0 Å². The second kappa shape index (κ2) is 5.54. The van der Waals surface area contributed by atoms with Gasteiger partial charge in [0.1, 0.15) is 5.75 Å². The van der Waals surface area contributed by atoms with Crippen LogP contribution in [0.4, 0.5) is 0 Å². The molecule has 0 fully saturated rings. The second-order valence-corrected chi connectivity index (χ2v) is 5.92. The summed E-state index contributed by atoms with van der Waals surface area (Å²) >= 11 is 9.35. The Balaban J connectivity index is 2.13. The number of nitrogens with one attached hydrogen (secondary N) is 1. The number of rotatable bonds is 3. The number of hydrogen-bond donors (Lipinski definition) is 1. The maximum atomic E-state index is 12.7. The number of carbonyl (C=O) groups excluding carboxylic acids is 1. The Kier molecular flexibility index (Phi) is 3.74. The van der Waals surface area contributed by atoms with Crippen LogP contribution < -0.4 is 4.74 Å². The molecule has 3 rings (SSSR count). The number of aromatic nitrogens is 1. The molecule has 0 saturated carbocycles. The summed E-state index contributed by atoms with van der Waals surface area (Å²) < 4.78 is 6.21. The molecule has 0 aliphatic rings. The molecule has 1 N–H and O–H groups in total. The fourth-order valence-electron chi connectivity index (χ4n) is 2.28. The van der Waals surface area contributed by atoms with Gasteiger partial charge in [0.25, 0.3) is 0 Å². The maximum absolute atomic E-state index is 12.7. The zero-order chi connectivity index (χ0) is 15.0. The molecule has 1 aromatic heterocycles. The van der Waals surface area contributed by atoms with Crippen molar-refractivity contribution < 1.29 is 9.53 Å². The van der Waals surface area contributed by atoms with Crippen LogP contribution in [-0.4, -0.2) is 17.9 Å². The van der Waals surface area contributed by atoms with Gasteiger partial charge in [-0.25, -0.2) is 0 Å². The zero-order valence-electron chi connectivity index (χ0n) is 11.1. The van der Waals surface area contributed by atoms with E-state index in [4.69, 9.17) is 16.3 Å². The molecule has 0 spiro atoms. The maximum Gasteiger partial charge on any atom is 0.198 e. The lowest BCUT2D eigenvalue weighted by Gasteiger charge is -2.07. The highest BCUT2D eigenvalue weighted by atomic mass is 79.9. The predicted octanol–water partition coefficient (Wildman–Crippen LogP) is 4.82. The minimum absolute atomic E-state index is 0.0999. The number of halogens is 2. The fraction of sp³-hybridized carbons (Fsp3) is 0.0625. The van der Waals surface area contributed by atoms with Crippen LogP contribution in [0.25, 0.3) is 10.9 Å². The first-order valence-electron chi connectivity index (χ1n) is 6.25. The zero-order valence-corrected chi connectivity index (χ0v) is 13.5. The van der Waals surface area contributed by atoms with Gasteiger partial charge in [0.15, 0.2) is 5.78 Å². The summed E-state index contributed by atoms with van der Waals surface area (Å²) in [7, 11) is 1.52. The third kappa shape index (κ3) is 2.57. The Hall–Kier alpha value is -1.78. The summed E-state index contributed by atoms with van der Waals surface area (Å²) in [4.78, 5) is 15.9. The van der Waals surface area contributed by atoms with Crippen LogP contribution in [0.3, 0.4) is 0 Å². The smallest absolute Gasteiger partial charge is 0.198 e. The molecular weight excluding hydrogens is 354 g/mol. The molecule has 0 unspecified atom stereocenters. The highest BCUT2D eigenvalue weighted by Gasteiger charge is 2.18. The number of H-pyrrole nitrogens is 1. The number of hydrogen-bond acceptors (Lipinski definition) is 2. The van der Waals surface area contributed by atoms with Crippen molar-refractivity contribution in [1.82, 2.24) is 4.98 Å². The number of ketones is 1. The summed E-state index contributed by atoms with van der Waals surface area (Å²) in [6, 6.07) is 10.8. The lowest BCUT2D eigenvalue weighted by molar-refractivity contribution is 0.103. The van der Waals surface area contributed by atoms with Crippen molar-refractivity contribution in [2.45, 2.75) is 0 Å². The molecule has 0 bridgehead atoms. The van der Waals surface area contributed by atoms with E-state index in [2.05, 4.69) is 20.9 Å². The van der Waals surface area contributed by atoms with Crippen molar-refractivity contribution in [1.29, 1.82) is 0 Å². The standard InChI is InChI=1S/C16H11BrClNO2/c1-21-15-7-10(18)3-5-12(15)16(20)13-8-19-14-6-9(17)2-4-11(13)14/h2-8,19H,1H3. The summed E-state index contributed by atoms with van der Waals surface area (Å²) in [5, 5.41) is 1.41. The number of ether oxygens (including phenoxy) is 1. The van der Waals surface area contributed by atoms with Crippen LogP contribution in [0.5, 0.6) is 5.75 Å². The summed E-state index contributed by atoms with van der Waals surface area (Å²) in [6.07, 6.45) is 1.72. The van der Waals surface area contributed by atoms with Gasteiger partial charge < -0.3 is 9.72 Å². The first kappa shape index (κ1) is 14.2. The van der Waals surface area contributed by atoms with Gasteiger partial charge in [0, 0.05) is 32.2 Å². The van der Waals surface area contributed by atoms with E-state index in [1.165, 1.54) is 7.11 Å². The quantitative estimate of drug-likeness (QED) is 0.677. The molecule has 106 valence electrons. The Morgan fingerprint density at radius 2 is 2.00 bits per heavy atom. The fourth-order valence-corrected chi connectivity index (χ4v) is 2.81. The molecule has 5 heteroatoms. The number of carbonyl (C=O) groups is 1. The number of aromatic amines is 1. The largest absolute Gasteiger partial charge is 0.496 e. The van der Waals surface area contributed by atoms with Gasteiger partial charge in [-0.15, -0.1) is 0 Å². The van der Waals surface area contributed by atoms with Crippen LogP contribution >= 0.6 is 27.5 Å². The Labute approximate surface area is 135 Å². The van der Waals surface area contributed by atoms with Crippen molar-refractivity contribution in [2.75, 3.05) is 7.11 Å². The molecule has 0 saturated heterocycles. The minimum Gasteiger partial charge on any atom is -0.496 e. The lowest BCUT2D eigenvalue weighted by Crippen LogP contribution is -2.03. The molecule has 1 heterocycles. The van der Waals surface area contributed by atoms with Crippen LogP contribution in [0.1, 0.15) is 15.9 Å². The average Bonchev–Trinajstić information content (AvgIpc) is 2.89. The highest BCUT2D eigenvalue weighted by molar-refractivity contribution is 9.10. The van der Waals surface area contributed by atoms with Gasteiger partial charge in [-0.1, -0.05) is 33.6 Å². The molecule has 21 heavy (non-hydrogen) atoms. The van der Waals surface area contributed by atoms with E-state index in [-0.39, 0.29) is 5.78 Å². The SMILES string of the molecule is COc1cc(Cl)ccc1C(=O)c1c[nH]c2cc(Br)ccc12. The normalized spacial score (nSPS) is 10.8. The first-order chi connectivity index (χ1) is 10.1. The van der Waals surface area contributed by atoms with Gasteiger partial charge >= 0.3 is 0 Å². The lowest BCUT2D eigenvalue weighted by atomic mass is 10.0. The average molecular weight is 365 g/mol. The van der Waals surface area contributed by atoms with Crippen LogP contribution in [0.15, 0.2) is 47.1 Å². The third-order valence-corrected chi connectivity index (χ3v) is 4.02. The number of fused-ring (bicyclic) bond motifs is 1. The molecular formula is C16H11BrClNO2. The molecule has 0 radical (unpaired) electrons. The van der Waals surface area contributed by atoms with E-state index in [0.29, 0.717) is 21.9 Å². The molecule has 0 amide bonds. The summed E-state index contributed by atoms with van der Waals surface area (Å²) in [6.45, 7) is 0. The van der Waals surface area contributed by atoms with Gasteiger partial charge in [-0.2, -0.15) is 0 Å². The van der Waals surface area contributed by atoms with Crippen LogP contribution in [0.2, 0.25) is 5.02 Å². The van der Waals surface area contributed by atoms with Crippen molar-refractivity contribution in [2.24, 2.45) is 0 Å². The highest BCUT2D eigenvalue weighted by Crippen LogP contribution is 2.29. The Morgan fingerprint density at radius 1 is 1.19 bits per heavy atom. The topological polar surface area (TPSA) is 42.1 Å². The van der Waals surface area contributed by atoms with Gasteiger partial charge in [-0.3, -0.25) is 4.79 Å². The third-order valence-electron chi connectivity index (χ3n) is 3.30. The van der Waals surface area contributed by atoms with E-state index < -0.39 is 0 Å². The second-order valence-electron chi connectivity index (χ2n) is 4.57. The summed E-state index contributed by atoms with van der Waals surface area (Å²) in [5.41, 5.74) is 2.00. The van der Waals surface area contributed by atoms with Crippen molar-refractivity contribution >= 4 is 44.2 Å². The van der Waals surface area contributed by atoms with E-state index in [1.807, 2.05) is 18.2 Å². The Bertz CT molecular complexity index is 841. The minimum atomic E-state index is -0.0999. The monoisotopic (exact) mass is 363 g/mol. The molecule has 3 nitrogen and oxygen atoms in total. The van der Waals surface area contributed by atoms with Crippen molar-refractivity contribution in [3.8, 4) is 5.75 Å². The first-order valence-corrected chi connectivity index (χ1v) is 7.42. The van der Waals surface area contributed by atoms with Crippen LogP contribution in [-0.2, 0) is 0 Å². The molecule has 0 aliphatic heterocycles. The van der Waals surface area contributed by atoms with Crippen molar-refractivity contribution in [3.05, 3.63) is 63.2 Å². The van der Waals surface area contributed by atoms with Gasteiger partial charge in [-0.05, 0) is 30.3 Å². The van der Waals surface area contributed by atoms with E-state index in [9.17, 15) is 4.79 Å². The van der Waals surface area contributed by atoms with E-state index >= 15 is 0 Å². The van der Waals surface area contributed by atoms with Crippen LogP contribution in [0, 0.1) is 0 Å². The number of benzene rings is 2. The molecule has 3 aromatic rings. The Morgan fingerprint density at radius 3 is 2.76 bits per heavy atom. The van der Waals surface area contributed by atoms with E-state index in [0.717, 1.165) is 15.4 Å². The molecule has 2 aromatic carbocycles. The number of methoxy groups -OCH3 is 1. The molecule has 0 aliphatic carbocycles. The molecule has 0 atom stereocenters. The van der Waals surface area contributed by atoms with Crippen molar-refractivity contribution in [3.63, 3.8) is 0 Å². The predicted molar refractivity (Wildman–Crippen MR) is 87.4 cm³/mol.